The summed E-state index contributed by atoms with van der Waals surface area (Å²) >= 11 is 0. The highest BCUT2D eigenvalue weighted by Gasteiger charge is 2.34. The molecule has 1 aliphatic rings. The fraction of sp³-hybridized carbons (Fsp3) is 0.370. The lowest BCUT2D eigenvalue weighted by Gasteiger charge is -2.44. The first-order valence-corrected chi connectivity index (χ1v) is 11.0. The van der Waals surface area contributed by atoms with E-state index in [-0.39, 0.29) is 11.6 Å². The van der Waals surface area contributed by atoms with Gasteiger partial charge in [0.1, 0.15) is 0 Å². The van der Waals surface area contributed by atoms with E-state index < -0.39 is 6.10 Å². The predicted octanol–water partition coefficient (Wildman–Crippen LogP) is 4.94. The third kappa shape index (κ3) is 5.32. The van der Waals surface area contributed by atoms with Gasteiger partial charge in [0.2, 0.25) is 0 Å². The lowest BCUT2D eigenvalue weighted by Crippen LogP contribution is -2.57. The van der Waals surface area contributed by atoms with Crippen LogP contribution >= 0.6 is 0 Å². The van der Waals surface area contributed by atoms with Crippen molar-refractivity contribution in [3.8, 4) is 0 Å². The quantitative estimate of drug-likeness (QED) is 0.514. The smallest absolute Gasteiger partial charge is 0.187 e. The average molecular weight is 414 g/mol. The Bertz CT molecular complexity index is 1090. The van der Waals surface area contributed by atoms with E-state index in [1.807, 2.05) is 18.2 Å². The minimum atomic E-state index is -0.409. The van der Waals surface area contributed by atoms with Crippen LogP contribution in [0, 0.1) is 6.57 Å². The average Bonchev–Trinajstić information content (AvgIpc) is 2.75. The molecule has 3 aromatic carbocycles. The van der Waals surface area contributed by atoms with Crippen molar-refractivity contribution in [3.05, 3.63) is 89.3 Å². The number of fused-ring (bicyclic) bond motifs is 1. The third-order valence-corrected chi connectivity index (χ3v) is 6.30. The van der Waals surface area contributed by atoms with Crippen LogP contribution in [-0.2, 0) is 13.0 Å². The number of benzene rings is 3. The summed E-state index contributed by atoms with van der Waals surface area (Å²) < 4.78 is 0. The summed E-state index contributed by atoms with van der Waals surface area (Å²) in [4.78, 5) is 5.83. The van der Waals surface area contributed by atoms with Crippen LogP contribution in [0.2, 0.25) is 0 Å². The van der Waals surface area contributed by atoms with Crippen molar-refractivity contribution in [2.45, 2.75) is 50.9 Å². The van der Waals surface area contributed by atoms with Crippen LogP contribution in [-0.4, -0.2) is 40.8 Å². The lowest BCUT2D eigenvalue weighted by atomic mass is 9.91. The molecular formula is C27H31N3O. The van der Waals surface area contributed by atoms with Crippen LogP contribution in [0.15, 0.2) is 66.7 Å². The SMILES string of the molecule is [C-]#[N+]c1cccc(CN2CC[C@@H]2[C@H](O)CNC(C)(C)Cc2ccc3ccccc3c2)c1. The number of hydrogen-bond donors (Lipinski definition) is 2. The monoisotopic (exact) mass is 413 g/mol. The summed E-state index contributed by atoms with van der Waals surface area (Å²) in [5.74, 6) is 0. The van der Waals surface area contributed by atoms with E-state index >= 15 is 0 Å². The van der Waals surface area contributed by atoms with Crippen molar-refractivity contribution in [2.24, 2.45) is 0 Å². The molecule has 0 amide bonds. The van der Waals surface area contributed by atoms with E-state index in [4.69, 9.17) is 6.57 Å². The highest BCUT2D eigenvalue weighted by atomic mass is 16.3. The van der Waals surface area contributed by atoms with Gasteiger partial charge in [0.05, 0.1) is 12.7 Å². The van der Waals surface area contributed by atoms with Crippen molar-refractivity contribution in [2.75, 3.05) is 13.1 Å². The number of aliphatic hydroxyl groups is 1. The van der Waals surface area contributed by atoms with E-state index in [9.17, 15) is 5.11 Å². The van der Waals surface area contributed by atoms with Crippen molar-refractivity contribution in [1.29, 1.82) is 0 Å². The van der Waals surface area contributed by atoms with Gasteiger partial charge in [0.25, 0.3) is 0 Å². The largest absolute Gasteiger partial charge is 0.390 e. The van der Waals surface area contributed by atoms with Crippen molar-refractivity contribution >= 4 is 16.5 Å². The number of likely N-dealkylation sites (tertiary alicyclic amines) is 1. The molecule has 0 unspecified atom stereocenters. The van der Waals surface area contributed by atoms with Crippen molar-refractivity contribution < 1.29 is 5.11 Å². The first-order chi connectivity index (χ1) is 14.9. The molecule has 2 atom stereocenters. The predicted molar refractivity (Wildman–Crippen MR) is 127 cm³/mol. The summed E-state index contributed by atoms with van der Waals surface area (Å²) in [6.45, 7) is 13.9. The molecule has 31 heavy (non-hydrogen) atoms. The Balaban J connectivity index is 1.31. The molecule has 4 rings (SSSR count). The van der Waals surface area contributed by atoms with Crippen LogP contribution in [0.4, 0.5) is 5.69 Å². The molecular weight excluding hydrogens is 382 g/mol. The van der Waals surface area contributed by atoms with Crippen LogP contribution in [0.3, 0.4) is 0 Å². The van der Waals surface area contributed by atoms with Gasteiger partial charge < -0.3 is 10.4 Å². The van der Waals surface area contributed by atoms with E-state index in [1.54, 1.807) is 0 Å². The number of nitrogens with zero attached hydrogens (tertiary/aromatic N) is 2. The lowest BCUT2D eigenvalue weighted by molar-refractivity contribution is -0.0211. The maximum absolute atomic E-state index is 10.8. The minimum absolute atomic E-state index is 0.109. The van der Waals surface area contributed by atoms with E-state index in [2.05, 4.69) is 77.4 Å². The summed E-state index contributed by atoms with van der Waals surface area (Å²) in [5, 5.41) is 17.0. The molecule has 0 radical (unpaired) electrons. The van der Waals surface area contributed by atoms with Gasteiger partial charge in [-0.1, -0.05) is 66.7 Å². The van der Waals surface area contributed by atoms with Gasteiger partial charge in [-0.25, -0.2) is 4.85 Å². The number of hydrogen-bond acceptors (Lipinski definition) is 3. The fourth-order valence-corrected chi connectivity index (χ4v) is 4.49. The summed E-state index contributed by atoms with van der Waals surface area (Å²) in [6.07, 6.45) is 1.51. The Morgan fingerprint density at radius 2 is 1.87 bits per heavy atom. The number of rotatable bonds is 8. The fourth-order valence-electron chi connectivity index (χ4n) is 4.49. The standard InChI is InChI=1S/C27H31N3O/c1-27(2,17-20-11-12-22-8-4-5-9-23(22)15-20)29-18-26(31)25-13-14-30(25)19-21-7-6-10-24(16-21)28-3/h4-12,15-16,25-26,29,31H,13-14,17-19H2,1-2H3/t25-,26-/m1/s1. The van der Waals surface area contributed by atoms with Gasteiger partial charge in [-0.3, -0.25) is 4.90 Å². The van der Waals surface area contributed by atoms with Crippen molar-refractivity contribution in [3.63, 3.8) is 0 Å². The highest BCUT2D eigenvalue weighted by molar-refractivity contribution is 5.83. The Hall–Kier alpha value is -2.71. The van der Waals surface area contributed by atoms with Crippen LogP contribution in [0.25, 0.3) is 15.6 Å². The van der Waals surface area contributed by atoms with Crippen LogP contribution < -0.4 is 5.32 Å². The molecule has 4 nitrogen and oxygen atoms in total. The molecule has 0 aromatic heterocycles. The molecule has 0 saturated carbocycles. The Morgan fingerprint density at radius 1 is 1.06 bits per heavy atom. The molecule has 1 fully saturated rings. The third-order valence-electron chi connectivity index (χ3n) is 6.30. The molecule has 160 valence electrons. The molecule has 1 aliphatic heterocycles. The summed E-state index contributed by atoms with van der Waals surface area (Å²) in [7, 11) is 0. The number of nitrogens with one attached hydrogen (secondary N) is 1. The summed E-state index contributed by atoms with van der Waals surface area (Å²) in [6, 6.07) is 23.0. The normalized spacial score (nSPS) is 17.8. The second-order valence-electron chi connectivity index (χ2n) is 9.30. The maximum Gasteiger partial charge on any atom is 0.187 e. The zero-order valence-corrected chi connectivity index (χ0v) is 18.4. The molecule has 0 aliphatic carbocycles. The topological polar surface area (TPSA) is 39.9 Å². The molecule has 4 heteroatoms. The van der Waals surface area contributed by atoms with E-state index in [1.165, 1.54) is 16.3 Å². The first-order valence-electron chi connectivity index (χ1n) is 11.0. The van der Waals surface area contributed by atoms with E-state index in [0.717, 1.165) is 31.5 Å². The number of β-amino-alcohol motifs (C(OH)–C–C–N with tert-alkyl or cyclic N) is 1. The van der Waals surface area contributed by atoms with Gasteiger partial charge in [-0.05, 0) is 48.6 Å². The zero-order valence-electron chi connectivity index (χ0n) is 18.4. The number of aliphatic hydroxyl groups excluding tert-OH is 1. The second kappa shape index (κ2) is 9.20. The molecule has 3 aromatic rings. The highest BCUT2D eigenvalue weighted by Crippen LogP contribution is 2.25. The van der Waals surface area contributed by atoms with Crippen LogP contribution in [0.1, 0.15) is 31.4 Å². The maximum atomic E-state index is 10.8. The Kier molecular flexibility index (Phi) is 6.38. The first kappa shape index (κ1) is 21.5. The van der Waals surface area contributed by atoms with Gasteiger partial charge in [-0.2, -0.15) is 0 Å². The molecule has 2 N–H and O–H groups in total. The minimum Gasteiger partial charge on any atom is -0.390 e. The Morgan fingerprint density at radius 3 is 2.61 bits per heavy atom. The summed E-state index contributed by atoms with van der Waals surface area (Å²) in [5.41, 5.74) is 3.00. The van der Waals surface area contributed by atoms with E-state index in [0.29, 0.717) is 12.2 Å². The van der Waals surface area contributed by atoms with Gasteiger partial charge in [0.15, 0.2) is 5.69 Å². The molecule has 0 bridgehead atoms. The second-order valence-corrected chi connectivity index (χ2v) is 9.30. The zero-order chi connectivity index (χ0) is 21.8. The molecule has 0 spiro atoms. The van der Waals surface area contributed by atoms with Gasteiger partial charge in [-0.15, -0.1) is 0 Å². The molecule has 1 heterocycles. The van der Waals surface area contributed by atoms with Crippen molar-refractivity contribution in [1.82, 2.24) is 10.2 Å². The molecule has 1 saturated heterocycles. The Labute approximate surface area is 185 Å². The van der Waals surface area contributed by atoms with Crippen LogP contribution in [0.5, 0.6) is 0 Å². The van der Waals surface area contributed by atoms with Gasteiger partial charge >= 0.3 is 0 Å². The van der Waals surface area contributed by atoms with Gasteiger partial charge in [0, 0.05) is 31.2 Å².